The first-order valence-electron chi connectivity index (χ1n) is 11.4. The van der Waals surface area contributed by atoms with E-state index in [4.69, 9.17) is 4.74 Å². The number of hydrogen-bond donors (Lipinski definition) is 0. The van der Waals surface area contributed by atoms with E-state index in [1.165, 1.54) is 12.2 Å². The van der Waals surface area contributed by atoms with E-state index in [-0.39, 0.29) is 35.5 Å². The number of aryl methyl sites for hydroxylation is 1. The van der Waals surface area contributed by atoms with Crippen LogP contribution in [-0.2, 0) is 17.3 Å². The van der Waals surface area contributed by atoms with Crippen LogP contribution in [0.25, 0.3) is 5.57 Å². The second kappa shape index (κ2) is 10.0. The molecule has 9 heteroatoms. The average molecular weight is 512 g/mol. The maximum atomic E-state index is 15.3. The number of ether oxygens (including phenoxy) is 2. The van der Waals surface area contributed by atoms with Gasteiger partial charge < -0.3 is 9.47 Å². The first kappa shape index (κ1) is 25.9. The van der Waals surface area contributed by atoms with Gasteiger partial charge in [0.2, 0.25) is 0 Å². The van der Waals surface area contributed by atoms with Gasteiger partial charge in [-0.25, -0.2) is 22.0 Å². The highest BCUT2D eigenvalue weighted by molar-refractivity contribution is 5.77. The molecule has 2 aromatic rings. The van der Waals surface area contributed by atoms with Crippen molar-refractivity contribution in [2.45, 2.75) is 44.4 Å². The van der Waals surface area contributed by atoms with E-state index in [2.05, 4.69) is 11.3 Å². The van der Waals surface area contributed by atoms with E-state index in [0.29, 0.717) is 12.5 Å². The lowest BCUT2D eigenvalue weighted by Gasteiger charge is -2.37. The highest BCUT2D eigenvalue weighted by Gasteiger charge is 2.49. The van der Waals surface area contributed by atoms with Crippen LogP contribution in [-0.4, -0.2) is 19.0 Å². The van der Waals surface area contributed by atoms with Gasteiger partial charge in [-0.15, -0.1) is 6.58 Å². The number of halogens is 7. The summed E-state index contributed by atoms with van der Waals surface area (Å²) in [4.78, 5) is 0. The fraction of sp³-hybridized carbons (Fsp3) is 0.333. The standard InChI is InChI=1S/C27H23F7O2/c1-3-5-6-14-7-8-15(13-18(14)28)27(33,34)36-20-12-10-17-16-9-11-19(35-4-2)23(29)21(16)25(31)26(32)22(17)24(20)30/h3,7-13,21,23,25-26H,1,4-6H2,2H3. The van der Waals surface area contributed by atoms with Gasteiger partial charge in [-0.05, 0) is 60.7 Å². The highest BCUT2D eigenvalue weighted by atomic mass is 19.3. The van der Waals surface area contributed by atoms with Crippen molar-refractivity contribution in [1.29, 1.82) is 0 Å². The van der Waals surface area contributed by atoms with Crippen LogP contribution < -0.4 is 4.74 Å². The largest absolute Gasteiger partial charge is 0.495 e. The van der Waals surface area contributed by atoms with Crippen molar-refractivity contribution >= 4 is 5.57 Å². The summed E-state index contributed by atoms with van der Waals surface area (Å²) < 4.78 is 114. The van der Waals surface area contributed by atoms with Gasteiger partial charge in [0.15, 0.2) is 23.9 Å². The third kappa shape index (κ3) is 4.51. The van der Waals surface area contributed by atoms with Gasteiger partial charge in [0.05, 0.1) is 18.1 Å². The summed E-state index contributed by atoms with van der Waals surface area (Å²) in [6.45, 7) is 5.23. The third-order valence-corrected chi connectivity index (χ3v) is 6.28. The number of alkyl halides is 5. The smallest absolute Gasteiger partial charge is 0.426 e. The minimum Gasteiger partial charge on any atom is -0.495 e. The van der Waals surface area contributed by atoms with E-state index >= 15 is 8.78 Å². The normalized spacial score (nSPS) is 23.2. The second-order valence-corrected chi connectivity index (χ2v) is 8.49. The molecule has 0 spiro atoms. The van der Waals surface area contributed by atoms with Crippen LogP contribution in [0.1, 0.15) is 41.8 Å². The quantitative estimate of drug-likeness (QED) is 0.265. The minimum atomic E-state index is -4.19. The molecule has 0 aromatic heterocycles. The van der Waals surface area contributed by atoms with Gasteiger partial charge in [-0.1, -0.05) is 24.3 Å². The molecule has 36 heavy (non-hydrogen) atoms. The fourth-order valence-electron chi connectivity index (χ4n) is 4.51. The minimum absolute atomic E-state index is 0.0169. The summed E-state index contributed by atoms with van der Waals surface area (Å²) in [5, 5.41) is 0. The lowest BCUT2D eigenvalue weighted by atomic mass is 9.72. The molecule has 0 saturated heterocycles. The Bertz CT molecular complexity index is 1220. The van der Waals surface area contributed by atoms with Crippen LogP contribution in [0.3, 0.4) is 0 Å². The molecule has 2 aliphatic rings. The molecule has 4 rings (SSSR count). The van der Waals surface area contributed by atoms with E-state index in [0.717, 1.165) is 24.3 Å². The van der Waals surface area contributed by atoms with Gasteiger partial charge in [0, 0.05) is 5.56 Å². The molecule has 0 bridgehead atoms. The molecule has 2 aromatic carbocycles. The van der Waals surface area contributed by atoms with Gasteiger partial charge in [0.25, 0.3) is 0 Å². The van der Waals surface area contributed by atoms with Crippen LogP contribution >= 0.6 is 0 Å². The van der Waals surface area contributed by atoms with Crippen molar-refractivity contribution in [3.63, 3.8) is 0 Å². The predicted octanol–water partition coefficient (Wildman–Crippen LogP) is 7.85. The topological polar surface area (TPSA) is 18.5 Å². The van der Waals surface area contributed by atoms with Gasteiger partial charge >= 0.3 is 6.11 Å². The van der Waals surface area contributed by atoms with E-state index < -0.39 is 59.1 Å². The molecule has 0 N–H and O–H groups in total. The number of fused-ring (bicyclic) bond motifs is 3. The maximum absolute atomic E-state index is 15.3. The molecule has 0 aliphatic heterocycles. The predicted molar refractivity (Wildman–Crippen MR) is 121 cm³/mol. The Morgan fingerprint density at radius 2 is 1.78 bits per heavy atom. The van der Waals surface area contributed by atoms with Crippen LogP contribution in [0.4, 0.5) is 30.7 Å². The summed E-state index contributed by atoms with van der Waals surface area (Å²) in [6.07, 6.45) is -6.53. The monoisotopic (exact) mass is 512 g/mol. The first-order valence-corrected chi connectivity index (χ1v) is 11.4. The Hall–Kier alpha value is -3.23. The molecule has 192 valence electrons. The highest BCUT2D eigenvalue weighted by Crippen LogP contribution is 2.51. The Morgan fingerprint density at radius 1 is 1.03 bits per heavy atom. The summed E-state index contributed by atoms with van der Waals surface area (Å²) >= 11 is 0. The van der Waals surface area contributed by atoms with Crippen molar-refractivity contribution in [1.82, 2.24) is 0 Å². The molecule has 0 heterocycles. The lowest BCUT2D eigenvalue weighted by molar-refractivity contribution is -0.187. The Kier molecular flexibility index (Phi) is 7.20. The SMILES string of the molecule is C=CCCc1ccc(C(F)(F)Oc2ccc3c(c2F)C(F)C(F)C2C3=CC=C(OCC)C2F)cc1F. The molecule has 2 aliphatic carbocycles. The Morgan fingerprint density at radius 3 is 2.44 bits per heavy atom. The number of allylic oxidation sites excluding steroid dienone is 5. The molecule has 4 atom stereocenters. The average Bonchev–Trinajstić information content (AvgIpc) is 2.84. The van der Waals surface area contributed by atoms with E-state index in [9.17, 15) is 22.0 Å². The fourth-order valence-corrected chi connectivity index (χ4v) is 4.51. The maximum Gasteiger partial charge on any atom is 0.426 e. The zero-order valence-electron chi connectivity index (χ0n) is 19.2. The van der Waals surface area contributed by atoms with Crippen molar-refractivity contribution in [3.8, 4) is 5.75 Å². The van der Waals surface area contributed by atoms with Crippen LogP contribution in [0.5, 0.6) is 5.75 Å². The van der Waals surface area contributed by atoms with Crippen LogP contribution in [0, 0.1) is 17.6 Å². The summed E-state index contributed by atoms with van der Waals surface area (Å²) in [5.74, 6) is -5.26. The first-order chi connectivity index (χ1) is 17.1. The molecule has 4 unspecified atom stereocenters. The molecular weight excluding hydrogens is 489 g/mol. The van der Waals surface area contributed by atoms with Crippen molar-refractivity contribution in [2.75, 3.05) is 6.61 Å². The lowest BCUT2D eigenvalue weighted by Crippen LogP contribution is -2.38. The van der Waals surface area contributed by atoms with Crippen LogP contribution in [0.2, 0.25) is 0 Å². The van der Waals surface area contributed by atoms with Crippen molar-refractivity contribution in [2.24, 2.45) is 5.92 Å². The van der Waals surface area contributed by atoms with E-state index in [1.54, 1.807) is 13.0 Å². The van der Waals surface area contributed by atoms with Crippen LogP contribution in [0.15, 0.2) is 60.9 Å². The molecule has 0 radical (unpaired) electrons. The summed E-state index contributed by atoms with van der Waals surface area (Å²) in [7, 11) is 0. The molecule has 2 nitrogen and oxygen atoms in total. The van der Waals surface area contributed by atoms with Gasteiger partial charge in [-0.3, -0.25) is 0 Å². The molecule has 0 amide bonds. The van der Waals surface area contributed by atoms with Gasteiger partial charge in [0.1, 0.15) is 17.7 Å². The zero-order chi connectivity index (χ0) is 26.2. The number of hydrogen-bond acceptors (Lipinski definition) is 2. The van der Waals surface area contributed by atoms with Crippen molar-refractivity contribution < 1.29 is 40.2 Å². The Balaban J connectivity index is 1.68. The van der Waals surface area contributed by atoms with E-state index in [1.807, 2.05) is 0 Å². The number of benzene rings is 2. The third-order valence-electron chi connectivity index (χ3n) is 6.28. The zero-order valence-corrected chi connectivity index (χ0v) is 19.2. The summed E-state index contributed by atoms with van der Waals surface area (Å²) in [5.41, 5.74) is -1.71. The summed E-state index contributed by atoms with van der Waals surface area (Å²) in [6, 6.07) is 4.58. The molecular formula is C27H23F7O2. The van der Waals surface area contributed by atoms with Crippen molar-refractivity contribution in [3.05, 3.63) is 94.8 Å². The second-order valence-electron chi connectivity index (χ2n) is 8.49. The number of rotatable bonds is 8. The molecule has 0 fully saturated rings. The Labute approximate surface area is 203 Å². The van der Waals surface area contributed by atoms with Gasteiger partial charge in [-0.2, -0.15) is 8.78 Å². The molecule has 0 saturated carbocycles.